The lowest BCUT2D eigenvalue weighted by Gasteiger charge is -2.42. The summed E-state index contributed by atoms with van der Waals surface area (Å²) in [5.74, 6) is 0.521. The molecule has 2 atom stereocenters. The molecule has 0 bridgehead atoms. The number of hydrogen-bond acceptors (Lipinski definition) is 8. The van der Waals surface area contributed by atoms with Gasteiger partial charge >= 0.3 is 6.03 Å². The molecule has 0 aromatic carbocycles. The molecular formula is C21H29N9O3. The lowest BCUT2D eigenvalue weighted by Crippen LogP contribution is -2.52. The van der Waals surface area contributed by atoms with E-state index in [1.807, 2.05) is 18.0 Å². The third-order valence-electron chi connectivity index (χ3n) is 5.93. The minimum absolute atomic E-state index is 0.0877. The number of primary amides is 1. The molecule has 3 rings (SSSR count). The van der Waals surface area contributed by atoms with E-state index in [0.29, 0.717) is 43.0 Å². The molecule has 1 fully saturated rings. The molecule has 0 radical (unpaired) electrons. The molecule has 33 heavy (non-hydrogen) atoms. The molecule has 1 aliphatic rings. The van der Waals surface area contributed by atoms with Gasteiger partial charge in [-0.05, 0) is 18.4 Å². The van der Waals surface area contributed by atoms with Crippen molar-refractivity contribution in [2.24, 2.45) is 17.4 Å². The molecule has 12 nitrogen and oxygen atoms in total. The van der Waals surface area contributed by atoms with Crippen molar-refractivity contribution >= 4 is 34.7 Å². The molecule has 1 aliphatic heterocycles. The first kappa shape index (κ1) is 23.9. The number of amides is 3. The second-order valence-corrected chi connectivity index (χ2v) is 8.16. The van der Waals surface area contributed by atoms with Crippen molar-refractivity contribution in [3.05, 3.63) is 18.1 Å². The smallest absolute Gasteiger partial charge is 0.324 e. The predicted octanol–water partition coefficient (Wildman–Crippen LogP) is -0.438. The summed E-state index contributed by atoms with van der Waals surface area (Å²) in [7, 11) is 1.86. The summed E-state index contributed by atoms with van der Waals surface area (Å²) >= 11 is 0. The fourth-order valence-corrected chi connectivity index (χ4v) is 4.10. The van der Waals surface area contributed by atoms with Gasteiger partial charge in [0.25, 0.3) is 0 Å². The Hall–Kier alpha value is -3.72. The predicted molar refractivity (Wildman–Crippen MR) is 121 cm³/mol. The fraction of sp³-hybridized carbons (Fsp3) is 0.524. The number of nitriles is 1. The molecule has 2 aromatic rings. The highest BCUT2D eigenvalue weighted by atomic mass is 16.2. The summed E-state index contributed by atoms with van der Waals surface area (Å²) in [6.07, 6.45) is 2.04. The lowest BCUT2D eigenvalue weighted by atomic mass is 9.92. The van der Waals surface area contributed by atoms with Gasteiger partial charge in [-0.15, -0.1) is 0 Å². The zero-order valence-corrected chi connectivity index (χ0v) is 18.8. The molecule has 2 aromatic heterocycles. The quantitative estimate of drug-likeness (QED) is 0.503. The van der Waals surface area contributed by atoms with Gasteiger partial charge in [0, 0.05) is 39.4 Å². The maximum Gasteiger partial charge on any atom is 0.324 e. The van der Waals surface area contributed by atoms with Crippen LogP contribution >= 0.6 is 0 Å². The maximum absolute atomic E-state index is 12.3. The van der Waals surface area contributed by atoms with Crippen LogP contribution in [0.1, 0.15) is 25.6 Å². The van der Waals surface area contributed by atoms with Crippen molar-refractivity contribution in [3.8, 4) is 6.07 Å². The van der Waals surface area contributed by atoms with Crippen LogP contribution in [-0.4, -0.2) is 76.5 Å². The Kier molecular flexibility index (Phi) is 7.44. The minimum Gasteiger partial charge on any atom is -0.354 e. The number of nitrogens with zero attached hydrogens (tertiary/aromatic N) is 6. The van der Waals surface area contributed by atoms with Gasteiger partial charge in [-0.1, -0.05) is 6.92 Å². The number of rotatable bonds is 7. The Morgan fingerprint density at radius 1 is 1.36 bits per heavy atom. The van der Waals surface area contributed by atoms with E-state index in [1.54, 1.807) is 11.0 Å². The van der Waals surface area contributed by atoms with Gasteiger partial charge in [-0.25, -0.2) is 14.8 Å². The number of carbonyl (C=O) groups excluding carboxylic acids is 3. The number of likely N-dealkylation sites (tertiary alicyclic amines) is 1. The third-order valence-corrected chi connectivity index (χ3v) is 5.93. The van der Waals surface area contributed by atoms with Crippen LogP contribution in [-0.2, 0) is 16.0 Å². The molecule has 176 valence electrons. The van der Waals surface area contributed by atoms with Gasteiger partial charge in [0.05, 0.1) is 23.9 Å². The molecule has 0 aliphatic carbocycles. The Morgan fingerprint density at radius 2 is 2.12 bits per heavy atom. The Morgan fingerprint density at radius 3 is 2.79 bits per heavy atom. The van der Waals surface area contributed by atoms with E-state index >= 15 is 0 Å². The van der Waals surface area contributed by atoms with Gasteiger partial charge in [-0.2, -0.15) is 5.26 Å². The van der Waals surface area contributed by atoms with Gasteiger partial charge in [0.15, 0.2) is 5.65 Å². The average Bonchev–Trinajstić information content (AvgIpc) is 3.21. The fourth-order valence-electron chi connectivity index (χ4n) is 4.10. The molecule has 1 saturated heterocycles. The van der Waals surface area contributed by atoms with Gasteiger partial charge < -0.3 is 26.6 Å². The molecule has 3 heterocycles. The number of likely N-dealkylation sites (N-methyl/N-ethyl adjacent to an activating group) is 1. The zero-order valence-electron chi connectivity index (χ0n) is 18.8. The van der Waals surface area contributed by atoms with Crippen LogP contribution in [0.15, 0.2) is 12.3 Å². The zero-order chi connectivity index (χ0) is 24.1. The van der Waals surface area contributed by atoms with Crippen LogP contribution in [0.25, 0.3) is 11.0 Å². The molecule has 12 heteroatoms. The summed E-state index contributed by atoms with van der Waals surface area (Å²) in [6, 6.07) is 2.83. The number of nitrogens with one attached hydrogen (secondary N) is 1. The highest BCUT2D eigenvalue weighted by Crippen LogP contribution is 2.30. The van der Waals surface area contributed by atoms with Crippen LogP contribution < -0.4 is 21.7 Å². The molecule has 3 amide bonds. The molecule has 0 spiro atoms. The molecular weight excluding hydrogens is 426 g/mol. The highest BCUT2D eigenvalue weighted by Gasteiger charge is 2.33. The van der Waals surface area contributed by atoms with Crippen LogP contribution in [0.5, 0.6) is 0 Å². The van der Waals surface area contributed by atoms with Crippen molar-refractivity contribution in [2.45, 2.75) is 32.2 Å². The van der Waals surface area contributed by atoms with Gasteiger partial charge in [0.1, 0.15) is 18.1 Å². The van der Waals surface area contributed by atoms with Crippen molar-refractivity contribution in [1.82, 2.24) is 24.8 Å². The summed E-state index contributed by atoms with van der Waals surface area (Å²) < 4.78 is 1.21. The SMILES string of the molecule is C[C@@H]1CCN(C(=O)CC#N)C[C@@H]1N(C)c1nc(CC(=O)NCCN)nc2c1ccn2C(N)=O. The third kappa shape index (κ3) is 5.20. The summed E-state index contributed by atoms with van der Waals surface area (Å²) in [4.78, 5) is 49.2. The van der Waals surface area contributed by atoms with E-state index in [9.17, 15) is 14.4 Å². The first-order chi connectivity index (χ1) is 15.8. The first-order valence-electron chi connectivity index (χ1n) is 10.8. The van der Waals surface area contributed by atoms with Crippen molar-refractivity contribution in [1.29, 1.82) is 5.26 Å². The monoisotopic (exact) mass is 455 g/mol. The van der Waals surface area contributed by atoms with Crippen molar-refractivity contribution in [2.75, 3.05) is 38.1 Å². The molecule has 0 saturated carbocycles. The van der Waals surface area contributed by atoms with E-state index < -0.39 is 6.03 Å². The number of hydrogen-bond donors (Lipinski definition) is 3. The van der Waals surface area contributed by atoms with Crippen molar-refractivity contribution < 1.29 is 14.4 Å². The van der Waals surface area contributed by atoms with Gasteiger partial charge in [0.2, 0.25) is 11.8 Å². The summed E-state index contributed by atoms with van der Waals surface area (Å²) in [5.41, 5.74) is 11.2. The van der Waals surface area contributed by atoms with E-state index in [2.05, 4.69) is 22.2 Å². The summed E-state index contributed by atoms with van der Waals surface area (Å²) in [6.45, 7) is 3.77. The number of fused-ring (bicyclic) bond motifs is 1. The number of nitrogens with two attached hydrogens (primary N) is 2. The van der Waals surface area contributed by atoms with Crippen molar-refractivity contribution in [3.63, 3.8) is 0 Å². The number of aromatic nitrogens is 3. The van der Waals surface area contributed by atoms with Crippen LogP contribution in [0, 0.1) is 17.2 Å². The second-order valence-electron chi connectivity index (χ2n) is 8.16. The first-order valence-corrected chi connectivity index (χ1v) is 10.8. The molecule has 5 N–H and O–H groups in total. The number of carbonyl (C=O) groups is 3. The lowest BCUT2D eigenvalue weighted by molar-refractivity contribution is -0.131. The topological polar surface area (TPSA) is 176 Å². The largest absolute Gasteiger partial charge is 0.354 e. The Labute approximate surface area is 191 Å². The van der Waals surface area contributed by atoms with E-state index in [1.165, 1.54) is 10.8 Å². The van der Waals surface area contributed by atoms with Crippen LogP contribution in [0.4, 0.5) is 10.6 Å². The number of piperidine rings is 1. The average molecular weight is 456 g/mol. The van der Waals surface area contributed by atoms with E-state index in [4.69, 9.17) is 16.7 Å². The van der Waals surface area contributed by atoms with E-state index in [-0.39, 0.29) is 42.4 Å². The molecule has 0 unspecified atom stereocenters. The highest BCUT2D eigenvalue weighted by molar-refractivity contribution is 5.95. The Bertz CT molecular complexity index is 1090. The van der Waals surface area contributed by atoms with Gasteiger partial charge in [-0.3, -0.25) is 14.2 Å². The van der Waals surface area contributed by atoms with Crippen LogP contribution in [0.3, 0.4) is 0 Å². The van der Waals surface area contributed by atoms with E-state index in [0.717, 1.165) is 6.42 Å². The van der Waals surface area contributed by atoms with Crippen LogP contribution in [0.2, 0.25) is 0 Å². The second kappa shape index (κ2) is 10.3. The number of anilines is 1. The minimum atomic E-state index is -0.699. The Balaban J connectivity index is 1.99. The summed E-state index contributed by atoms with van der Waals surface area (Å²) in [5, 5.41) is 12.2. The normalized spacial score (nSPS) is 18.1. The standard InChI is InChI=1S/C21H29N9O3/c1-13-4-9-29(18(32)3-6-22)12-15(13)28(2)19-14-5-10-30(21(24)33)20(14)27-16(26-19)11-17(31)25-8-7-23/h5,10,13,15H,3-4,7-9,11-12,23H2,1-2H3,(H2,24,33)(H,25,31)/t13-,15+/m1/s1. The maximum atomic E-state index is 12.3.